The highest BCUT2D eigenvalue weighted by molar-refractivity contribution is 6.13. The summed E-state index contributed by atoms with van der Waals surface area (Å²) in [5.74, 6) is 1.87. The third-order valence-corrected chi connectivity index (χ3v) is 16.2. The number of rotatable bonds is 11. The average Bonchev–Trinajstić information content (AvgIpc) is 4.04. The van der Waals surface area contributed by atoms with Crippen LogP contribution in [-0.4, -0.2) is 24.1 Å². The monoisotopic (exact) mass is 1040 g/mol. The van der Waals surface area contributed by atoms with Crippen molar-refractivity contribution in [2.24, 2.45) is 0 Å². The van der Waals surface area contributed by atoms with E-state index in [0.717, 1.165) is 85.3 Å². The summed E-state index contributed by atoms with van der Waals surface area (Å²) in [5, 5.41) is 4.81. The van der Waals surface area contributed by atoms with Gasteiger partial charge in [-0.25, -0.2) is 15.0 Å². The van der Waals surface area contributed by atoms with Gasteiger partial charge in [-0.2, -0.15) is 0 Å². The van der Waals surface area contributed by atoms with Crippen LogP contribution in [0, 0.1) is 0 Å². The second-order valence-corrected chi connectivity index (χ2v) is 21.0. The molecule has 2 aliphatic carbocycles. The van der Waals surface area contributed by atoms with Crippen LogP contribution < -0.4 is 0 Å². The number of hydrogen-bond donors (Lipinski definition) is 0. The molecule has 10 aromatic carbocycles. The third-order valence-electron chi connectivity index (χ3n) is 16.2. The molecule has 0 spiro atoms. The van der Waals surface area contributed by atoms with Crippen LogP contribution in [0.25, 0.3) is 123 Å². The van der Waals surface area contributed by atoms with E-state index in [1.807, 2.05) is 30.3 Å². The van der Waals surface area contributed by atoms with Gasteiger partial charge in [0, 0.05) is 61.0 Å². The summed E-state index contributed by atoms with van der Waals surface area (Å²) in [7, 11) is 0. The summed E-state index contributed by atoms with van der Waals surface area (Å²) in [4.78, 5) is 15.9. The number of para-hydroxylation sites is 2. The minimum Gasteiger partial charge on any atom is -0.309 e. The van der Waals surface area contributed by atoms with Gasteiger partial charge in [-0.15, -0.1) is 0 Å². The molecule has 2 aliphatic rings. The first-order valence-electron chi connectivity index (χ1n) is 27.9. The quantitative estimate of drug-likeness (QED) is 0.121. The molecular weight excluding hydrogens is 983 g/mol. The maximum absolute atomic E-state index is 5.40. The van der Waals surface area contributed by atoms with Crippen LogP contribution in [0.15, 0.2) is 285 Å². The smallest absolute Gasteiger partial charge is 0.164 e. The fourth-order valence-electron chi connectivity index (χ4n) is 12.5. The van der Waals surface area contributed by atoms with Crippen molar-refractivity contribution in [2.75, 3.05) is 0 Å². The van der Waals surface area contributed by atoms with Gasteiger partial charge in [-0.3, -0.25) is 0 Å². The topological polar surface area (TPSA) is 48.5 Å². The zero-order valence-corrected chi connectivity index (χ0v) is 44.5. The molecule has 81 heavy (non-hydrogen) atoms. The van der Waals surface area contributed by atoms with Gasteiger partial charge < -0.3 is 9.13 Å². The molecule has 382 valence electrons. The predicted molar refractivity (Wildman–Crippen MR) is 338 cm³/mol. The molecule has 0 amide bonds. The number of hydrogen-bond acceptors (Lipinski definition) is 3. The van der Waals surface area contributed by atoms with Crippen molar-refractivity contribution in [1.82, 2.24) is 24.1 Å². The molecule has 0 aliphatic heterocycles. The molecule has 5 nitrogen and oxygen atoms in total. The molecule has 1 atom stereocenters. The van der Waals surface area contributed by atoms with Crippen LogP contribution >= 0.6 is 0 Å². The normalized spacial score (nSPS) is 14.0. The number of nitrogens with zero attached hydrogens (tertiary/aromatic N) is 5. The van der Waals surface area contributed by atoms with E-state index >= 15 is 0 Å². The fraction of sp³-hybridized carbons (Fsp3) is 0.0395. The Bertz CT molecular complexity index is 4690. The van der Waals surface area contributed by atoms with Crippen LogP contribution in [-0.2, 0) is 0 Å². The highest BCUT2D eigenvalue weighted by Gasteiger charge is 2.29. The highest BCUT2D eigenvalue weighted by atomic mass is 15.0. The first kappa shape index (κ1) is 47.7. The van der Waals surface area contributed by atoms with Gasteiger partial charge in [0.1, 0.15) is 0 Å². The summed E-state index contributed by atoms with van der Waals surface area (Å²) < 4.78 is 4.97. The Balaban J connectivity index is 1.00. The Morgan fingerprint density at radius 2 is 0.975 bits per heavy atom. The minimum absolute atomic E-state index is 0.0424. The van der Waals surface area contributed by atoms with Gasteiger partial charge >= 0.3 is 0 Å². The van der Waals surface area contributed by atoms with Crippen molar-refractivity contribution < 1.29 is 0 Å². The lowest BCUT2D eigenvalue weighted by Gasteiger charge is -2.22. The first-order valence-corrected chi connectivity index (χ1v) is 27.9. The summed E-state index contributed by atoms with van der Waals surface area (Å²) in [6, 6.07) is 85.4. The van der Waals surface area contributed by atoms with Crippen molar-refractivity contribution in [1.29, 1.82) is 0 Å². The van der Waals surface area contributed by atoms with Gasteiger partial charge in [-0.05, 0) is 112 Å². The van der Waals surface area contributed by atoms with E-state index < -0.39 is 0 Å². The van der Waals surface area contributed by atoms with Crippen molar-refractivity contribution in [3.05, 3.63) is 307 Å². The number of fused-ring (bicyclic) bond motifs is 7. The molecule has 3 aromatic heterocycles. The van der Waals surface area contributed by atoms with E-state index in [1.165, 1.54) is 54.8 Å². The Labute approximate surface area is 470 Å². The summed E-state index contributed by atoms with van der Waals surface area (Å²) >= 11 is 0. The molecule has 0 radical (unpaired) electrons. The van der Waals surface area contributed by atoms with Crippen LogP contribution in [0.5, 0.6) is 0 Å². The average molecular weight is 1040 g/mol. The van der Waals surface area contributed by atoms with Crippen LogP contribution in [0.4, 0.5) is 0 Å². The molecular formula is C76H53N5. The molecule has 5 heteroatoms. The third kappa shape index (κ3) is 8.37. The van der Waals surface area contributed by atoms with Gasteiger partial charge in [0.05, 0.1) is 27.8 Å². The second kappa shape index (κ2) is 20.1. The standard InChI is InChI=1S/C76H53N5/c1-2-3-22-57-45-56-31-16-17-32-61(56)72(57)58-41-43-70-66(46-58)67-49-60(80-68-35-20-18-33-62(68)63-34-19-21-36-69(63)80)42-44-71(67)81(70)73-64(52-25-10-5-11-26-52)47-59(48-65(73)53-27-12-6-13-28-53)76-78-74(54-29-14-7-15-30-54)77-75(79-76)55-39-37-51(38-40-55)50-23-8-4-9-24-50/h2-5,7-12,14-49,72H,1,6,13H2/b22-3-. The maximum Gasteiger partial charge on any atom is 0.164 e. The van der Waals surface area contributed by atoms with Gasteiger partial charge in [0.15, 0.2) is 17.5 Å². The van der Waals surface area contributed by atoms with E-state index in [2.05, 4.69) is 264 Å². The van der Waals surface area contributed by atoms with E-state index in [0.29, 0.717) is 17.5 Å². The van der Waals surface area contributed by atoms with Crippen molar-refractivity contribution >= 4 is 55.3 Å². The summed E-state index contributed by atoms with van der Waals surface area (Å²) in [6.45, 7) is 4.04. The summed E-state index contributed by atoms with van der Waals surface area (Å²) in [5.41, 5.74) is 21.2. The van der Waals surface area contributed by atoms with Crippen molar-refractivity contribution in [2.45, 2.75) is 18.8 Å². The van der Waals surface area contributed by atoms with Crippen LogP contribution in [0.1, 0.15) is 41.0 Å². The molecule has 0 saturated carbocycles. The zero-order chi connectivity index (χ0) is 53.8. The molecule has 13 aromatic rings. The van der Waals surface area contributed by atoms with Crippen LogP contribution in [0.2, 0.25) is 0 Å². The van der Waals surface area contributed by atoms with E-state index in [-0.39, 0.29) is 5.92 Å². The van der Waals surface area contributed by atoms with Gasteiger partial charge in [0.25, 0.3) is 0 Å². The predicted octanol–water partition coefficient (Wildman–Crippen LogP) is 19.4. The number of benzene rings is 10. The largest absolute Gasteiger partial charge is 0.309 e. The molecule has 0 fully saturated rings. The Morgan fingerprint density at radius 1 is 0.432 bits per heavy atom. The first-order chi connectivity index (χ1) is 40.1. The zero-order valence-electron chi connectivity index (χ0n) is 44.5. The maximum atomic E-state index is 5.40. The molecule has 1 unspecified atom stereocenters. The molecule has 15 rings (SSSR count). The van der Waals surface area contributed by atoms with E-state index in [1.54, 1.807) is 0 Å². The van der Waals surface area contributed by atoms with Gasteiger partial charge in [-0.1, -0.05) is 231 Å². The Morgan fingerprint density at radius 3 is 1.65 bits per heavy atom. The van der Waals surface area contributed by atoms with Crippen molar-refractivity contribution in [3.63, 3.8) is 0 Å². The molecule has 3 heterocycles. The molecule has 0 N–H and O–H groups in total. The lowest BCUT2D eigenvalue weighted by Crippen LogP contribution is -2.06. The number of aromatic nitrogens is 5. The van der Waals surface area contributed by atoms with Gasteiger partial charge in [0.2, 0.25) is 0 Å². The summed E-state index contributed by atoms with van der Waals surface area (Å²) in [6.07, 6.45) is 17.4. The Hall–Kier alpha value is -10.5. The highest BCUT2D eigenvalue weighted by Crippen LogP contribution is 2.47. The molecule has 0 bridgehead atoms. The minimum atomic E-state index is 0.0424. The van der Waals surface area contributed by atoms with Crippen LogP contribution in [0.3, 0.4) is 0 Å². The SMILES string of the molecule is C=C/C=C\C1=Cc2ccccc2C1c1ccc2c(c1)c1cc(-n3c4ccccc4c4ccccc43)ccc1n2-c1c(C2=CCCC=C2)cc(-c2nc(-c3ccccc3)nc(-c3ccc(-c4ccccc4)cc3)n2)cc1-c1ccccc1. The Kier molecular flexibility index (Phi) is 11.8. The van der Waals surface area contributed by atoms with Crippen molar-refractivity contribution in [3.8, 4) is 67.8 Å². The fourth-order valence-corrected chi connectivity index (χ4v) is 12.5. The lowest BCUT2D eigenvalue weighted by atomic mass is 9.87. The second-order valence-electron chi connectivity index (χ2n) is 21.0. The molecule has 0 saturated heterocycles. The van der Waals surface area contributed by atoms with E-state index in [4.69, 9.17) is 15.0 Å². The lowest BCUT2D eigenvalue weighted by molar-refractivity contribution is 1.01. The van der Waals surface area contributed by atoms with E-state index in [9.17, 15) is 0 Å². The number of allylic oxidation sites excluding steroid dienone is 8.